The topological polar surface area (TPSA) is 63.4 Å². The zero-order valence-corrected chi connectivity index (χ0v) is 13.8. The summed E-state index contributed by atoms with van der Waals surface area (Å²) >= 11 is 1.74. The van der Waals surface area contributed by atoms with E-state index in [-0.39, 0.29) is 17.2 Å². The molecule has 2 atom stereocenters. The molecule has 1 heterocycles. The summed E-state index contributed by atoms with van der Waals surface area (Å²) in [6.45, 7) is 5.33. The van der Waals surface area contributed by atoms with Crippen LogP contribution in [-0.2, 0) is 9.84 Å². The fourth-order valence-corrected chi connectivity index (χ4v) is 5.66. The maximum Gasteiger partial charge on any atom is 0.166 e. The van der Waals surface area contributed by atoms with Crippen LogP contribution in [0.1, 0.15) is 39.5 Å². The molecule has 0 aliphatic carbocycles. The van der Waals surface area contributed by atoms with E-state index in [9.17, 15) is 8.42 Å². The molecular formula is C13H28N2O2S2. The Morgan fingerprint density at radius 2 is 2.11 bits per heavy atom. The van der Waals surface area contributed by atoms with E-state index in [0.717, 1.165) is 25.1 Å². The molecule has 4 nitrogen and oxygen atoms in total. The number of thioether (sulfide) groups is 1. The van der Waals surface area contributed by atoms with Gasteiger partial charge in [-0.25, -0.2) is 8.42 Å². The molecule has 1 aliphatic rings. The van der Waals surface area contributed by atoms with Crippen molar-refractivity contribution >= 4 is 21.6 Å². The van der Waals surface area contributed by atoms with E-state index in [1.54, 1.807) is 18.7 Å². The first kappa shape index (κ1) is 17.3. The van der Waals surface area contributed by atoms with Crippen molar-refractivity contribution in [3.05, 3.63) is 0 Å². The molecule has 114 valence electrons. The molecule has 6 heteroatoms. The summed E-state index contributed by atoms with van der Waals surface area (Å²) in [6, 6.07) is 0.221. The number of nitrogens with two attached hydrogens (primary N) is 1. The van der Waals surface area contributed by atoms with Gasteiger partial charge in [0.1, 0.15) is 5.37 Å². The molecule has 0 aromatic heterocycles. The predicted octanol–water partition coefficient (Wildman–Crippen LogP) is 1.70. The Morgan fingerprint density at radius 3 is 2.68 bits per heavy atom. The fraction of sp³-hybridized carbons (Fsp3) is 1.00. The summed E-state index contributed by atoms with van der Waals surface area (Å²) in [5, 5.41) is -0.327. The molecule has 0 spiro atoms. The Kier molecular flexibility index (Phi) is 7.72. The van der Waals surface area contributed by atoms with Crippen LogP contribution in [0.15, 0.2) is 0 Å². The average Bonchev–Trinajstić information content (AvgIpc) is 2.44. The van der Waals surface area contributed by atoms with Crippen LogP contribution >= 0.6 is 11.8 Å². The molecule has 19 heavy (non-hydrogen) atoms. The molecule has 0 amide bonds. The highest BCUT2D eigenvalue weighted by molar-refractivity contribution is 8.01. The third kappa shape index (κ3) is 4.92. The van der Waals surface area contributed by atoms with Crippen LogP contribution in [0.3, 0.4) is 0 Å². The van der Waals surface area contributed by atoms with Crippen molar-refractivity contribution in [2.75, 3.05) is 30.3 Å². The Labute approximate surface area is 122 Å². The van der Waals surface area contributed by atoms with Crippen LogP contribution in [0, 0.1) is 0 Å². The van der Waals surface area contributed by atoms with Gasteiger partial charge in [0.05, 0.1) is 0 Å². The third-order valence-electron chi connectivity index (χ3n) is 3.82. The summed E-state index contributed by atoms with van der Waals surface area (Å²) < 4.78 is 24.4. The van der Waals surface area contributed by atoms with Crippen molar-refractivity contribution in [3.8, 4) is 0 Å². The van der Waals surface area contributed by atoms with Gasteiger partial charge in [-0.2, -0.15) is 11.8 Å². The van der Waals surface area contributed by atoms with Crippen LogP contribution < -0.4 is 5.73 Å². The Hall–Kier alpha value is 0.220. The molecule has 0 bridgehead atoms. The minimum absolute atomic E-state index is 0.221. The highest BCUT2D eigenvalue weighted by Crippen LogP contribution is 2.25. The lowest BCUT2D eigenvalue weighted by atomic mass is 10.1. The molecule has 1 aliphatic heterocycles. The molecule has 2 N–H and O–H groups in total. The first-order chi connectivity index (χ1) is 9.06. The molecule has 0 radical (unpaired) electrons. The van der Waals surface area contributed by atoms with Crippen LogP contribution in [0.4, 0.5) is 0 Å². The van der Waals surface area contributed by atoms with Crippen LogP contribution in [0.2, 0.25) is 0 Å². The van der Waals surface area contributed by atoms with Gasteiger partial charge in [0, 0.05) is 36.4 Å². The third-order valence-corrected chi connectivity index (χ3v) is 7.13. The summed E-state index contributed by atoms with van der Waals surface area (Å²) in [4.78, 5) is 2.16. The second-order valence-electron chi connectivity index (χ2n) is 5.10. The van der Waals surface area contributed by atoms with Gasteiger partial charge in [0.25, 0.3) is 0 Å². The minimum atomic E-state index is -3.01. The monoisotopic (exact) mass is 308 g/mol. The predicted molar refractivity (Wildman–Crippen MR) is 84.3 cm³/mol. The highest BCUT2D eigenvalue weighted by atomic mass is 32.2. The van der Waals surface area contributed by atoms with Crippen LogP contribution in [-0.4, -0.2) is 55.1 Å². The van der Waals surface area contributed by atoms with Gasteiger partial charge in [-0.1, -0.05) is 33.1 Å². The number of nitrogens with zero attached hydrogens (tertiary/aromatic N) is 1. The van der Waals surface area contributed by atoms with Gasteiger partial charge in [-0.3, -0.25) is 4.90 Å². The molecule has 1 saturated heterocycles. The lowest BCUT2D eigenvalue weighted by molar-refractivity contribution is 0.183. The van der Waals surface area contributed by atoms with Crippen LogP contribution in [0.25, 0.3) is 0 Å². The highest BCUT2D eigenvalue weighted by Gasteiger charge is 2.35. The average molecular weight is 309 g/mol. The quantitative estimate of drug-likeness (QED) is 0.692. The first-order valence-electron chi connectivity index (χ1n) is 7.31. The number of hydrogen-bond donors (Lipinski definition) is 1. The lowest BCUT2D eigenvalue weighted by Crippen LogP contribution is -2.54. The largest absolute Gasteiger partial charge is 0.329 e. The zero-order valence-electron chi connectivity index (χ0n) is 12.2. The second-order valence-corrected chi connectivity index (χ2v) is 8.70. The molecule has 0 aromatic rings. The number of unbranched alkanes of at least 4 members (excludes halogenated alkanes) is 2. The number of rotatable bonds is 8. The van der Waals surface area contributed by atoms with Crippen molar-refractivity contribution in [3.63, 3.8) is 0 Å². The maximum absolute atomic E-state index is 12.2. The summed E-state index contributed by atoms with van der Waals surface area (Å²) in [7, 11) is -3.01. The van der Waals surface area contributed by atoms with Gasteiger partial charge in [-0.05, 0) is 6.42 Å². The van der Waals surface area contributed by atoms with E-state index < -0.39 is 9.84 Å². The Balaban J connectivity index is 2.73. The van der Waals surface area contributed by atoms with E-state index in [1.165, 1.54) is 12.8 Å². The molecule has 0 aromatic carbocycles. The summed E-state index contributed by atoms with van der Waals surface area (Å²) in [5.74, 6) is 1.93. The van der Waals surface area contributed by atoms with Gasteiger partial charge >= 0.3 is 0 Å². The standard InChI is InChI=1S/C13H28N2O2S2/c1-3-5-6-7-12(10-14)15-8-9-18-11-13(15)19(16,17)4-2/h12-13H,3-11,14H2,1-2H3. The Bertz CT molecular complexity index is 347. The second kappa shape index (κ2) is 8.49. The van der Waals surface area contributed by atoms with E-state index >= 15 is 0 Å². The van der Waals surface area contributed by atoms with Crippen molar-refractivity contribution in [1.82, 2.24) is 4.90 Å². The molecule has 0 saturated carbocycles. The SMILES string of the molecule is CCCCCC(CN)N1CCSCC1S(=O)(=O)CC. The van der Waals surface area contributed by atoms with Crippen molar-refractivity contribution in [2.45, 2.75) is 50.9 Å². The lowest BCUT2D eigenvalue weighted by Gasteiger charge is -2.40. The van der Waals surface area contributed by atoms with E-state index in [2.05, 4.69) is 11.8 Å². The van der Waals surface area contributed by atoms with Gasteiger partial charge < -0.3 is 5.73 Å². The number of sulfone groups is 1. The fourth-order valence-electron chi connectivity index (χ4n) is 2.56. The Morgan fingerprint density at radius 1 is 1.37 bits per heavy atom. The number of hydrogen-bond acceptors (Lipinski definition) is 5. The van der Waals surface area contributed by atoms with E-state index in [1.807, 2.05) is 0 Å². The van der Waals surface area contributed by atoms with Gasteiger partial charge in [0.15, 0.2) is 9.84 Å². The van der Waals surface area contributed by atoms with Gasteiger partial charge in [0.2, 0.25) is 0 Å². The van der Waals surface area contributed by atoms with E-state index in [0.29, 0.717) is 12.3 Å². The van der Waals surface area contributed by atoms with Crippen molar-refractivity contribution < 1.29 is 8.42 Å². The summed E-state index contributed by atoms with van der Waals surface area (Å²) in [5.41, 5.74) is 5.89. The molecule has 2 unspecified atom stereocenters. The zero-order chi connectivity index (χ0) is 14.3. The van der Waals surface area contributed by atoms with Crippen molar-refractivity contribution in [2.24, 2.45) is 5.73 Å². The smallest absolute Gasteiger partial charge is 0.166 e. The molecular weight excluding hydrogens is 280 g/mol. The normalized spacial score (nSPS) is 23.4. The van der Waals surface area contributed by atoms with E-state index in [4.69, 9.17) is 5.73 Å². The molecule has 1 rings (SSSR count). The first-order valence-corrected chi connectivity index (χ1v) is 10.2. The summed E-state index contributed by atoms with van der Waals surface area (Å²) in [6.07, 6.45) is 4.54. The van der Waals surface area contributed by atoms with Crippen molar-refractivity contribution in [1.29, 1.82) is 0 Å². The maximum atomic E-state index is 12.2. The van der Waals surface area contributed by atoms with Gasteiger partial charge in [-0.15, -0.1) is 0 Å². The van der Waals surface area contributed by atoms with Crippen LogP contribution in [0.5, 0.6) is 0 Å². The minimum Gasteiger partial charge on any atom is -0.329 e. The molecule has 1 fully saturated rings.